The molecule has 0 aliphatic rings. The number of hydrogen-bond acceptors (Lipinski definition) is 2. The first-order valence-electron chi connectivity index (χ1n) is 6.82. The van der Waals surface area contributed by atoms with Crippen LogP contribution in [0.2, 0.25) is 0 Å². The fraction of sp³-hybridized carbons (Fsp3) is 0.250. The van der Waals surface area contributed by atoms with E-state index >= 15 is 0 Å². The van der Waals surface area contributed by atoms with Crippen molar-refractivity contribution in [3.05, 3.63) is 58.9 Å². The van der Waals surface area contributed by atoms with Crippen molar-refractivity contribution in [3.8, 4) is 0 Å². The summed E-state index contributed by atoms with van der Waals surface area (Å²) >= 11 is 0. The van der Waals surface area contributed by atoms with Crippen molar-refractivity contribution in [3.63, 3.8) is 0 Å². The fourth-order valence-electron chi connectivity index (χ4n) is 2.57. The highest BCUT2D eigenvalue weighted by Gasteiger charge is 2.35. The number of benzene rings is 1. The molecule has 0 saturated carbocycles. The van der Waals surface area contributed by atoms with E-state index < -0.39 is 11.7 Å². The van der Waals surface area contributed by atoms with Gasteiger partial charge in [0.1, 0.15) is 0 Å². The highest BCUT2D eigenvalue weighted by Crippen LogP contribution is 2.36. The van der Waals surface area contributed by atoms with Gasteiger partial charge in [-0.25, -0.2) is 9.67 Å². The van der Waals surface area contributed by atoms with Gasteiger partial charge in [-0.15, -0.1) is 0 Å². The SMILES string of the molecule is Cc1cc(C(F)(F)F)c2c(C)nn(Cc3ccccc3)c2n1. The van der Waals surface area contributed by atoms with Crippen molar-refractivity contribution in [2.45, 2.75) is 26.6 Å². The Kier molecular flexibility index (Phi) is 3.39. The van der Waals surface area contributed by atoms with Crippen LogP contribution >= 0.6 is 0 Å². The molecule has 2 aromatic heterocycles. The van der Waals surface area contributed by atoms with E-state index in [1.54, 1.807) is 13.8 Å². The third-order valence-corrected chi connectivity index (χ3v) is 3.49. The second-order valence-corrected chi connectivity index (χ2v) is 5.24. The first-order chi connectivity index (χ1) is 10.4. The summed E-state index contributed by atoms with van der Waals surface area (Å²) in [5.41, 5.74) is 1.23. The second-order valence-electron chi connectivity index (χ2n) is 5.24. The van der Waals surface area contributed by atoms with Crippen molar-refractivity contribution in [1.29, 1.82) is 0 Å². The van der Waals surface area contributed by atoms with Crippen molar-refractivity contribution in [2.24, 2.45) is 0 Å². The van der Waals surface area contributed by atoms with Gasteiger partial charge in [0.25, 0.3) is 0 Å². The average Bonchev–Trinajstić information content (AvgIpc) is 2.74. The lowest BCUT2D eigenvalue weighted by Crippen LogP contribution is -2.08. The molecule has 3 nitrogen and oxygen atoms in total. The normalized spacial score (nSPS) is 12.0. The van der Waals surface area contributed by atoms with Gasteiger partial charge >= 0.3 is 6.18 Å². The van der Waals surface area contributed by atoms with Gasteiger partial charge in [0, 0.05) is 5.69 Å². The van der Waals surface area contributed by atoms with E-state index in [0.717, 1.165) is 11.6 Å². The minimum Gasteiger partial charge on any atom is -0.243 e. The molecule has 3 aromatic rings. The van der Waals surface area contributed by atoms with E-state index in [0.29, 0.717) is 17.9 Å². The summed E-state index contributed by atoms with van der Waals surface area (Å²) in [7, 11) is 0. The summed E-state index contributed by atoms with van der Waals surface area (Å²) in [6.45, 7) is 3.53. The Bertz CT molecular complexity index is 820. The van der Waals surface area contributed by atoms with Crippen LogP contribution in [0.15, 0.2) is 36.4 Å². The Morgan fingerprint density at radius 3 is 2.41 bits per heavy atom. The van der Waals surface area contributed by atoms with E-state index in [1.165, 1.54) is 4.68 Å². The van der Waals surface area contributed by atoms with Crippen LogP contribution < -0.4 is 0 Å². The van der Waals surface area contributed by atoms with Gasteiger partial charge in [0.15, 0.2) is 5.65 Å². The first-order valence-corrected chi connectivity index (χ1v) is 6.82. The van der Waals surface area contributed by atoms with Gasteiger partial charge in [-0.2, -0.15) is 18.3 Å². The van der Waals surface area contributed by atoms with E-state index in [4.69, 9.17) is 0 Å². The highest BCUT2D eigenvalue weighted by atomic mass is 19.4. The lowest BCUT2D eigenvalue weighted by Gasteiger charge is -2.10. The molecule has 0 N–H and O–H groups in total. The smallest absolute Gasteiger partial charge is 0.243 e. The number of halogens is 3. The largest absolute Gasteiger partial charge is 0.417 e. The molecular formula is C16H14F3N3. The van der Waals surface area contributed by atoms with Gasteiger partial charge in [-0.3, -0.25) is 0 Å². The predicted molar refractivity (Wildman–Crippen MR) is 77.5 cm³/mol. The van der Waals surface area contributed by atoms with Gasteiger partial charge in [0.2, 0.25) is 0 Å². The van der Waals surface area contributed by atoms with Crippen molar-refractivity contribution >= 4 is 11.0 Å². The lowest BCUT2D eigenvalue weighted by atomic mass is 10.1. The molecule has 0 radical (unpaired) electrons. The molecule has 1 aromatic carbocycles. The molecule has 0 spiro atoms. The number of fused-ring (bicyclic) bond motifs is 1. The van der Waals surface area contributed by atoms with Crippen molar-refractivity contribution in [2.75, 3.05) is 0 Å². The molecule has 0 aliphatic carbocycles. The molecule has 0 unspecified atom stereocenters. The molecule has 0 fully saturated rings. The standard InChI is InChI=1S/C16H14F3N3/c1-10-8-13(16(17,18)19)14-11(2)21-22(15(14)20-10)9-12-6-4-3-5-7-12/h3-8H,9H2,1-2H3. The van der Waals surface area contributed by atoms with Crippen LogP contribution in [0.4, 0.5) is 13.2 Å². The van der Waals surface area contributed by atoms with E-state index in [9.17, 15) is 13.2 Å². The summed E-state index contributed by atoms with van der Waals surface area (Å²) in [6, 6.07) is 10.5. The number of pyridine rings is 1. The monoisotopic (exact) mass is 305 g/mol. The second kappa shape index (κ2) is 5.12. The lowest BCUT2D eigenvalue weighted by molar-refractivity contribution is -0.136. The Labute approximate surface area is 125 Å². The molecular weight excluding hydrogens is 291 g/mol. The first kappa shape index (κ1) is 14.6. The molecule has 114 valence electrons. The third-order valence-electron chi connectivity index (χ3n) is 3.49. The van der Waals surface area contributed by atoms with Gasteiger partial charge in [-0.1, -0.05) is 30.3 Å². The summed E-state index contributed by atoms with van der Waals surface area (Å²) in [5, 5.41) is 4.33. The molecule has 0 atom stereocenters. The maximum absolute atomic E-state index is 13.2. The molecule has 2 heterocycles. The summed E-state index contributed by atoms with van der Waals surface area (Å²) < 4.78 is 41.3. The number of rotatable bonds is 2. The van der Waals surface area contributed by atoms with Crippen LogP contribution in [-0.2, 0) is 12.7 Å². The number of aryl methyl sites for hydroxylation is 2. The maximum Gasteiger partial charge on any atom is 0.417 e. The zero-order chi connectivity index (χ0) is 15.9. The minimum atomic E-state index is -4.42. The van der Waals surface area contributed by atoms with Gasteiger partial charge in [0.05, 0.1) is 23.2 Å². The number of aromatic nitrogens is 3. The summed E-state index contributed by atoms with van der Waals surface area (Å²) in [5.74, 6) is 0. The molecule has 6 heteroatoms. The molecule has 0 aliphatic heterocycles. The Hall–Kier alpha value is -2.37. The van der Waals surface area contributed by atoms with Crippen LogP contribution in [0.1, 0.15) is 22.5 Å². The van der Waals surface area contributed by atoms with E-state index in [2.05, 4.69) is 10.1 Å². The average molecular weight is 305 g/mol. The van der Waals surface area contributed by atoms with Crippen LogP contribution in [0, 0.1) is 13.8 Å². The Morgan fingerprint density at radius 2 is 1.77 bits per heavy atom. The van der Waals surface area contributed by atoms with Gasteiger partial charge < -0.3 is 0 Å². The van der Waals surface area contributed by atoms with Crippen molar-refractivity contribution < 1.29 is 13.2 Å². The van der Waals surface area contributed by atoms with E-state index in [1.807, 2.05) is 30.3 Å². The zero-order valence-electron chi connectivity index (χ0n) is 12.1. The predicted octanol–water partition coefficient (Wildman–Crippen LogP) is 4.12. The number of alkyl halides is 3. The van der Waals surface area contributed by atoms with Crippen LogP contribution in [-0.4, -0.2) is 14.8 Å². The summed E-state index contributed by atoms with van der Waals surface area (Å²) in [4.78, 5) is 4.27. The molecule has 22 heavy (non-hydrogen) atoms. The van der Waals surface area contributed by atoms with Crippen molar-refractivity contribution in [1.82, 2.24) is 14.8 Å². The summed E-state index contributed by atoms with van der Waals surface area (Å²) in [6.07, 6.45) is -4.42. The zero-order valence-corrected chi connectivity index (χ0v) is 12.1. The third kappa shape index (κ3) is 2.56. The van der Waals surface area contributed by atoms with Crippen LogP contribution in [0.25, 0.3) is 11.0 Å². The van der Waals surface area contributed by atoms with Crippen LogP contribution in [0.5, 0.6) is 0 Å². The quantitative estimate of drug-likeness (QED) is 0.713. The molecule has 0 bridgehead atoms. The minimum absolute atomic E-state index is 0.0778. The topological polar surface area (TPSA) is 30.7 Å². The fourth-order valence-corrected chi connectivity index (χ4v) is 2.57. The molecule has 0 amide bonds. The number of nitrogens with zero attached hydrogens (tertiary/aromatic N) is 3. The van der Waals surface area contributed by atoms with E-state index in [-0.39, 0.29) is 11.0 Å². The van der Waals surface area contributed by atoms with Crippen LogP contribution in [0.3, 0.4) is 0 Å². The maximum atomic E-state index is 13.2. The Morgan fingerprint density at radius 1 is 1.09 bits per heavy atom. The van der Waals surface area contributed by atoms with Gasteiger partial charge in [-0.05, 0) is 25.5 Å². The molecule has 3 rings (SSSR count). The number of hydrogen-bond donors (Lipinski definition) is 0. The Balaban J connectivity index is 2.20. The molecule has 0 saturated heterocycles. The highest BCUT2D eigenvalue weighted by molar-refractivity contribution is 5.83.